The first-order chi connectivity index (χ1) is 12.7. The standard InChI is InChI=1S/C11H15NO2.C8H9NO3/c1-2-3-9-12-14-11(13)10-7-5-4-6-8-10;1-11-9-12-8(10)7-5-3-2-4-6-7/h4-8,12H,2-3,9H2,1H3;2-6,9H,1H3. The largest absolute Gasteiger partial charge is 0.367 e. The molecule has 2 aromatic carbocycles. The molecule has 0 aliphatic rings. The van der Waals surface area contributed by atoms with Crippen molar-refractivity contribution in [3.63, 3.8) is 0 Å². The molecule has 0 atom stereocenters. The van der Waals surface area contributed by atoms with Crippen LogP contribution in [0.4, 0.5) is 0 Å². The van der Waals surface area contributed by atoms with Gasteiger partial charge in [-0.1, -0.05) is 49.7 Å². The summed E-state index contributed by atoms with van der Waals surface area (Å²) in [4.78, 5) is 36.0. The van der Waals surface area contributed by atoms with Gasteiger partial charge in [0.05, 0.1) is 18.2 Å². The summed E-state index contributed by atoms with van der Waals surface area (Å²) in [5.74, 6) is -0.806. The Morgan fingerprint density at radius 3 is 1.81 bits per heavy atom. The molecule has 2 aromatic rings. The number of hydrogen-bond acceptors (Lipinski definition) is 7. The normalized spacial score (nSPS) is 9.62. The van der Waals surface area contributed by atoms with E-state index in [2.05, 4.69) is 22.1 Å². The summed E-state index contributed by atoms with van der Waals surface area (Å²) in [5, 5.41) is 0. The van der Waals surface area contributed by atoms with Crippen LogP contribution in [-0.2, 0) is 14.5 Å². The van der Waals surface area contributed by atoms with E-state index in [9.17, 15) is 9.59 Å². The lowest BCUT2D eigenvalue weighted by molar-refractivity contribution is -0.114. The van der Waals surface area contributed by atoms with Gasteiger partial charge in [-0.2, -0.15) is 5.48 Å². The Hall–Kier alpha value is -2.74. The fourth-order valence-electron chi connectivity index (χ4n) is 1.71. The Morgan fingerprint density at radius 1 is 0.846 bits per heavy atom. The van der Waals surface area contributed by atoms with Crippen molar-refractivity contribution in [1.82, 2.24) is 11.1 Å². The Labute approximate surface area is 153 Å². The number of hydrogen-bond donors (Lipinski definition) is 2. The van der Waals surface area contributed by atoms with Gasteiger partial charge in [-0.15, -0.1) is 0 Å². The molecule has 2 rings (SSSR count). The minimum absolute atomic E-state index is 0.332. The summed E-state index contributed by atoms with van der Waals surface area (Å²) in [5.41, 5.74) is 5.67. The third kappa shape index (κ3) is 8.93. The molecule has 0 unspecified atom stereocenters. The molecule has 0 saturated heterocycles. The highest BCUT2D eigenvalue weighted by atomic mass is 16.9. The Bertz CT molecular complexity index is 635. The number of unbranched alkanes of at least 4 members (excludes halogenated alkanes) is 1. The quantitative estimate of drug-likeness (QED) is 0.553. The molecule has 0 radical (unpaired) electrons. The van der Waals surface area contributed by atoms with E-state index in [4.69, 9.17) is 4.84 Å². The van der Waals surface area contributed by atoms with E-state index in [0.717, 1.165) is 12.8 Å². The van der Waals surface area contributed by atoms with Crippen molar-refractivity contribution in [2.75, 3.05) is 13.7 Å². The molecule has 26 heavy (non-hydrogen) atoms. The molecule has 7 nitrogen and oxygen atoms in total. The van der Waals surface area contributed by atoms with E-state index in [-0.39, 0.29) is 5.97 Å². The topological polar surface area (TPSA) is 85.9 Å². The van der Waals surface area contributed by atoms with Gasteiger partial charge >= 0.3 is 11.9 Å². The van der Waals surface area contributed by atoms with E-state index in [0.29, 0.717) is 17.7 Å². The fourth-order valence-corrected chi connectivity index (χ4v) is 1.71. The van der Waals surface area contributed by atoms with Crippen molar-refractivity contribution in [3.05, 3.63) is 71.8 Å². The van der Waals surface area contributed by atoms with Crippen LogP contribution in [0.25, 0.3) is 0 Å². The second-order valence-electron chi connectivity index (χ2n) is 5.05. The van der Waals surface area contributed by atoms with Gasteiger partial charge in [0.1, 0.15) is 0 Å². The van der Waals surface area contributed by atoms with Crippen molar-refractivity contribution in [2.45, 2.75) is 19.8 Å². The van der Waals surface area contributed by atoms with Crippen LogP contribution in [0.2, 0.25) is 0 Å². The van der Waals surface area contributed by atoms with Crippen LogP contribution in [0.3, 0.4) is 0 Å². The average molecular weight is 360 g/mol. The molecule has 0 heterocycles. The number of hydroxylamine groups is 1. The molecule has 0 fully saturated rings. The lowest BCUT2D eigenvalue weighted by Crippen LogP contribution is -2.20. The van der Waals surface area contributed by atoms with Crippen molar-refractivity contribution in [2.24, 2.45) is 0 Å². The Balaban J connectivity index is 0.000000263. The van der Waals surface area contributed by atoms with Gasteiger partial charge in [-0.05, 0) is 36.3 Å². The SMILES string of the molecule is CCCCNOC(=O)c1ccccc1.CONOC(=O)c1ccccc1. The molecule has 0 aliphatic carbocycles. The molecule has 0 aliphatic heterocycles. The van der Waals surface area contributed by atoms with Gasteiger partial charge in [-0.25, -0.2) is 9.59 Å². The monoisotopic (exact) mass is 360 g/mol. The van der Waals surface area contributed by atoms with E-state index in [1.54, 1.807) is 36.4 Å². The van der Waals surface area contributed by atoms with Gasteiger partial charge in [0, 0.05) is 6.54 Å². The van der Waals surface area contributed by atoms with Crippen molar-refractivity contribution >= 4 is 11.9 Å². The maximum Gasteiger partial charge on any atom is 0.359 e. The first-order valence-corrected chi connectivity index (χ1v) is 8.22. The van der Waals surface area contributed by atoms with Crippen LogP contribution >= 0.6 is 0 Å². The van der Waals surface area contributed by atoms with E-state index in [1.165, 1.54) is 7.11 Å². The van der Waals surface area contributed by atoms with Gasteiger partial charge in [0.15, 0.2) is 0 Å². The van der Waals surface area contributed by atoms with Crippen LogP contribution in [0, 0.1) is 0 Å². The molecule has 0 aromatic heterocycles. The molecular formula is C19H24N2O5. The zero-order valence-corrected chi connectivity index (χ0v) is 14.9. The number of benzene rings is 2. The maximum atomic E-state index is 11.3. The predicted molar refractivity (Wildman–Crippen MR) is 96.8 cm³/mol. The first-order valence-electron chi connectivity index (χ1n) is 8.22. The fraction of sp³-hybridized carbons (Fsp3) is 0.263. The molecule has 2 N–H and O–H groups in total. The highest BCUT2D eigenvalue weighted by molar-refractivity contribution is 5.89. The number of carbonyl (C=O) groups excluding carboxylic acids is 2. The molecule has 140 valence electrons. The van der Waals surface area contributed by atoms with Crippen molar-refractivity contribution in [3.8, 4) is 0 Å². The lowest BCUT2D eigenvalue weighted by Gasteiger charge is -2.04. The molecule has 0 amide bonds. The second-order valence-corrected chi connectivity index (χ2v) is 5.05. The molecule has 0 saturated carbocycles. The summed E-state index contributed by atoms with van der Waals surface area (Å²) in [6, 6.07) is 17.6. The summed E-state index contributed by atoms with van der Waals surface area (Å²) in [6.45, 7) is 2.79. The first kappa shape index (κ1) is 21.3. The number of rotatable bonds is 8. The lowest BCUT2D eigenvalue weighted by atomic mass is 10.2. The summed E-state index contributed by atoms with van der Waals surface area (Å²) < 4.78 is 0. The van der Waals surface area contributed by atoms with Crippen LogP contribution in [0.15, 0.2) is 60.7 Å². The minimum atomic E-state index is -0.475. The summed E-state index contributed by atoms with van der Waals surface area (Å²) >= 11 is 0. The van der Waals surface area contributed by atoms with Crippen LogP contribution in [-0.4, -0.2) is 25.6 Å². The van der Waals surface area contributed by atoms with Crippen LogP contribution in [0.5, 0.6) is 0 Å². The maximum absolute atomic E-state index is 11.3. The summed E-state index contributed by atoms with van der Waals surface area (Å²) in [7, 11) is 1.36. The van der Waals surface area contributed by atoms with Crippen molar-refractivity contribution in [1.29, 1.82) is 0 Å². The minimum Gasteiger partial charge on any atom is -0.367 e. The number of carbonyl (C=O) groups is 2. The highest BCUT2D eigenvalue weighted by Gasteiger charge is 2.05. The van der Waals surface area contributed by atoms with Gasteiger partial charge in [0.25, 0.3) is 0 Å². The molecular weight excluding hydrogens is 336 g/mol. The van der Waals surface area contributed by atoms with Crippen molar-refractivity contribution < 1.29 is 24.1 Å². The van der Waals surface area contributed by atoms with Gasteiger partial charge in [-0.3, -0.25) is 4.84 Å². The third-order valence-electron chi connectivity index (χ3n) is 3.03. The zero-order chi connectivity index (χ0) is 19.0. The summed E-state index contributed by atoms with van der Waals surface area (Å²) in [6.07, 6.45) is 2.08. The second kappa shape index (κ2) is 13.5. The van der Waals surface area contributed by atoms with Crippen LogP contribution in [0.1, 0.15) is 40.5 Å². The number of nitrogens with one attached hydrogen (secondary N) is 2. The predicted octanol–water partition coefficient (Wildman–Crippen LogP) is 3.06. The zero-order valence-electron chi connectivity index (χ0n) is 14.9. The molecule has 0 spiro atoms. The Kier molecular flexibility index (Phi) is 11.1. The van der Waals surface area contributed by atoms with Crippen LogP contribution < -0.4 is 11.1 Å². The third-order valence-corrected chi connectivity index (χ3v) is 3.03. The van der Waals surface area contributed by atoms with Gasteiger partial charge < -0.3 is 9.68 Å². The Morgan fingerprint density at radius 2 is 1.35 bits per heavy atom. The average Bonchev–Trinajstić information content (AvgIpc) is 2.71. The highest BCUT2D eigenvalue weighted by Crippen LogP contribution is 2.00. The van der Waals surface area contributed by atoms with E-state index >= 15 is 0 Å². The van der Waals surface area contributed by atoms with E-state index < -0.39 is 5.97 Å². The van der Waals surface area contributed by atoms with Gasteiger partial charge in [0.2, 0.25) is 0 Å². The molecule has 7 heteroatoms. The van der Waals surface area contributed by atoms with E-state index in [1.807, 2.05) is 29.9 Å². The smallest absolute Gasteiger partial charge is 0.359 e. The molecule has 0 bridgehead atoms.